The van der Waals surface area contributed by atoms with Crippen molar-refractivity contribution in [2.24, 2.45) is 5.73 Å². The van der Waals surface area contributed by atoms with E-state index in [-0.39, 0.29) is 18.5 Å². The van der Waals surface area contributed by atoms with Gasteiger partial charge in [-0.1, -0.05) is 0 Å². The number of amides is 1. The van der Waals surface area contributed by atoms with Crippen LogP contribution in [-0.4, -0.2) is 63.1 Å². The lowest BCUT2D eigenvalue weighted by Crippen LogP contribution is -2.36. The number of ether oxygens (including phenoxy) is 1. The second kappa shape index (κ2) is 8.20. The Kier molecular flexibility index (Phi) is 5.95. The quantitative estimate of drug-likeness (QED) is 0.674. The van der Waals surface area contributed by atoms with Crippen LogP contribution in [-0.2, 0) is 9.57 Å². The lowest BCUT2D eigenvalue weighted by Gasteiger charge is -2.28. The highest BCUT2D eigenvalue weighted by Crippen LogP contribution is 2.29. The topological polar surface area (TPSA) is 71.3 Å². The van der Waals surface area contributed by atoms with Gasteiger partial charge in [-0.25, -0.2) is 9.18 Å². The van der Waals surface area contributed by atoms with E-state index in [9.17, 15) is 9.18 Å². The minimum atomic E-state index is -0.486. The van der Waals surface area contributed by atoms with E-state index < -0.39 is 6.09 Å². The highest BCUT2D eigenvalue weighted by Gasteiger charge is 2.32. The van der Waals surface area contributed by atoms with Gasteiger partial charge in [-0.2, -0.15) is 5.06 Å². The van der Waals surface area contributed by atoms with Crippen LogP contribution >= 0.6 is 0 Å². The van der Waals surface area contributed by atoms with E-state index in [2.05, 4.69) is 0 Å². The zero-order chi connectivity index (χ0) is 18.7. The van der Waals surface area contributed by atoms with Gasteiger partial charge in [0.05, 0.1) is 25.0 Å². The van der Waals surface area contributed by atoms with Crippen LogP contribution in [0.15, 0.2) is 18.2 Å². The minimum Gasteiger partial charge on any atom is -0.443 e. The van der Waals surface area contributed by atoms with Crippen molar-refractivity contribution in [1.29, 1.82) is 0 Å². The number of rotatable bonds is 9. The molecule has 0 aromatic heterocycles. The fourth-order valence-corrected chi connectivity index (χ4v) is 3.23. The van der Waals surface area contributed by atoms with E-state index in [1.807, 2.05) is 16.9 Å². The van der Waals surface area contributed by atoms with Gasteiger partial charge in [0, 0.05) is 32.2 Å². The summed E-state index contributed by atoms with van der Waals surface area (Å²) in [5.74, 6) is -0.358. The normalized spacial score (nSPS) is 20.0. The first kappa shape index (κ1) is 18.9. The molecule has 1 aromatic carbocycles. The molecule has 1 saturated heterocycles. The number of nitrogens with zero attached hydrogens (tertiary/aromatic N) is 3. The molecule has 144 valence electrons. The van der Waals surface area contributed by atoms with Gasteiger partial charge in [-0.05, 0) is 38.0 Å². The van der Waals surface area contributed by atoms with E-state index >= 15 is 0 Å². The Morgan fingerprint density at radius 3 is 2.69 bits per heavy atom. The summed E-state index contributed by atoms with van der Waals surface area (Å²) in [5.41, 5.74) is 6.55. The second-order valence-corrected chi connectivity index (χ2v) is 6.62. The monoisotopic (exact) mass is 366 g/mol. The van der Waals surface area contributed by atoms with Crippen LogP contribution in [0.5, 0.6) is 0 Å². The molecule has 3 rings (SSSR count). The van der Waals surface area contributed by atoms with Gasteiger partial charge >= 0.3 is 6.09 Å². The van der Waals surface area contributed by atoms with Crippen LogP contribution < -0.4 is 15.5 Å². The highest BCUT2D eigenvalue weighted by atomic mass is 19.1. The van der Waals surface area contributed by atoms with Crippen molar-refractivity contribution in [3.63, 3.8) is 0 Å². The number of hydrogen-bond acceptors (Lipinski definition) is 6. The van der Waals surface area contributed by atoms with Crippen LogP contribution in [0.3, 0.4) is 0 Å². The second-order valence-electron chi connectivity index (χ2n) is 6.62. The van der Waals surface area contributed by atoms with E-state index in [1.165, 1.54) is 11.0 Å². The molecule has 1 heterocycles. The molecule has 26 heavy (non-hydrogen) atoms. The largest absolute Gasteiger partial charge is 0.443 e. The third-order valence-electron chi connectivity index (χ3n) is 4.88. The molecule has 2 fully saturated rings. The summed E-state index contributed by atoms with van der Waals surface area (Å²) in [5, 5.41) is 1.96. The Morgan fingerprint density at radius 1 is 1.38 bits per heavy atom. The number of carbonyl (C=O) groups excluding carboxylic acids is 1. The Hall–Kier alpha value is -1.90. The number of hydrogen-bond donors (Lipinski definition) is 1. The first-order chi connectivity index (χ1) is 12.6. The predicted molar refractivity (Wildman–Crippen MR) is 97.7 cm³/mol. The zero-order valence-corrected chi connectivity index (χ0v) is 15.4. The maximum absolute atomic E-state index is 14.7. The molecule has 0 spiro atoms. The van der Waals surface area contributed by atoms with Gasteiger partial charge in [0.15, 0.2) is 0 Å². The summed E-state index contributed by atoms with van der Waals surface area (Å²) in [6.07, 6.45) is 1.47. The molecule has 1 amide bonds. The summed E-state index contributed by atoms with van der Waals surface area (Å²) in [6.45, 7) is 4.65. The summed E-state index contributed by atoms with van der Waals surface area (Å²) < 4.78 is 19.9. The minimum absolute atomic E-state index is 0.253. The number of anilines is 2. The Balaban J connectivity index is 1.68. The number of carbonyl (C=O) groups is 1. The summed E-state index contributed by atoms with van der Waals surface area (Å²) in [4.78, 5) is 20.7. The number of halogens is 1. The molecule has 0 bridgehead atoms. The van der Waals surface area contributed by atoms with Crippen LogP contribution in [0.2, 0.25) is 0 Å². The van der Waals surface area contributed by atoms with E-state index in [0.29, 0.717) is 43.6 Å². The summed E-state index contributed by atoms with van der Waals surface area (Å²) in [7, 11) is 1.67. The van der Waals surface area contributed by atoms with Gasteiger partial charge in [0.1, 0.15) is 11.9 Å². The lowest BCUT2D eigenvalue weighted by atomic mass is 10.2. The third kappa shape index (κ3) is 4.08. The molecular weight excluding hydrogens is 339 g/mol. The summed E-state index contributed by atoms with van der Waals surface area (Å²) >= 11 is 0. The molecule has 2 N–H and O–H groups in total. The number of hydroxylamine groups is 2. The molecule has 1 saturated carbocycles. The Morgan fingerprint density at radius 2 is 2.15 bits per heavy atom. The molecular formula is C18H27FN4O3. The van der Waals surface area contributed by atoms with Gasteiger partial charge < -0.3 is 20.2 Å². The van der Waals surface area contributed by atoms with Crippen molar-refractivity contribution in [1.82, 2.24) is 5.06 Å². The van der Waals surface area contributed by atoms with Crippen LogP contribution in [0.1, 0.15) is 19.8 Å². The molecule has 1 aliphatic carbocycles. The fraction of sp³-hybridized carbons (Fsp3) is 0.611. The first-order valence-corrected chi connectivity index (χ1v) is 9.10. The number of benzene rings is 1. The SMILES string of the molecule is CCN(CCN(OC)C1CC1)c1ccc(N2C[C@H](CN)OC2=O)cc1F. The highest BCUT2D eigenvalue weighted by molar-refractivity contribution is 5.90. The maximum atomic E-state index is 14.7. The molecule has 1 atom stereocenters. The summed E-state index contributed by atoms with van der Waals surface area (Å²) in [6, 6.07) is 5.33. The van der Waals surface area contributed by atoms with Crippen molar-refractivity contribution in [3.05, 3.63) is 24.0 Å². The average molecular weight is 366 g/mol. The van der Waals surface area contributed by atoms with Crippen LogP contribution in [0.4, 0.5) is 20.6 Å². The van der Waals surface area contributed by atoms with Crippen molar-refractivity contribution in [2.75, 3.05) is 49.6 Å². The predicted octanol–water partition coefficient (Wildman–Crippen LogP) is 1.96. The Bertz CT molecular complexity index is 641. The number of likely N-dealkylation sites (N-methyl/N-ethyl adjacent to an activating group) is 1. The third-order valence-corrected chi connectivity index (χ3v) is 4.88. The van der Waals surface area contributed by atoms with Gasteiger partial charge in [0.2, 0.25) is 0 Å². The van der Waals surface area contributed by atoms with Gasteiger partial charge in [-0.15, -0.1) is 0 Å². The lowest BCUT2D eigenvalue weighted by molar-refractivity contribution is -0.136. The molecule has 1 aromatic rings. The van der Waals surface area contributed by atoms with Gasteiger partial charge in [-0.3, -0.25) is 4.90 Å². The molecule has 8 heteroatoms. The molecule has 2 aliphatic rings. The van der Waals surface area contributed by atoms with E-state index in [4.69, 9.17) is 15.3 Å². The number of cyclic esters (lactones) is 1. The maximum Gasteiger partial charge on any atom is 0.414 e. The average Bonchev–Trinajstić information content (AvgIpc) is 3.41. The van der Waals surface area contributed by atoms with Crippen molar-refractivity contribution < 1.29 is 18.8 Å². The van der Waals surface area contributed by atoms with Gasteiger partial charge in [0.25, 0.3) is 0 Å². The smallest absolute Gasteiger partial charge is 0.414 e. The first-order valence-electron chi connectivity index (χ1n) is 9.10. The molecule has 0 radical (unpaired) electrons. The Labute approximate surface area is 153 Å². The van der Waals surface area contributed by atoms with E-state index in [1.54, 1.807) is 19.2 Å². The van der Waals surface area contributed by atoms with Crippen molar-refractivity contribution in [3.8, 4) is 0 Å². The molecule has 1 aliphatic heterocycles. The standard InChI is InChI=1S/C18H27FN4O3/c1-3-21(8-9-23(25-2)13-4-5-13)17-7-6-14(10-16(17)19)22-12-15(11-20)26-18(22)24/h6-7,10,13,15H,3-5,8-9,11-12,20H2,1-2H3/t15-/m0/s1. The fourth-order valence-electron chi connectivity index (χ4n) is 3.23. The van der Waals surface area contributed by atoms with Crippen LogP contribution in [0.25, 0.3) is 0 Å². The zero-order valence-electron chi connectivity index (χ0n) is 15.4. The van der Waals surface area contributed by atoms with Crippen molar-refractivity contribution >= 4 is 17.5 Å². The van der Waals surface area contributed by atoms with Crippen LogP contribution in [0, 0.1) is 5.82 Å². The van der Waals surface area contributed by atoms with E-state index in [0.717, 1.165) is 12.8 Å². The molecule has 7 nitrogen and oxygen atoms in total. The number of nitrogens with two attached hydrogens (primary N) is 1. The van der Waals surface area contributed by atoms with Crippen molar-refractivity contribution in [2.45, 2.75) is 31.9 Å². The molecule has 0 unspecified atom stereocenters.